The average Bonchev–Trinajstić information content (AvgIpc) is 3.24. The van der Waals surface area contributed by atoms with E-state index in [0.29, 0.717) is 18.4 Å². The van der Waals surface area contributed by atoms with E-state index < -0.39 is 79.9 Å². The Morgan fingerprint density at radius 1 is 0.892 bits per heavy atom. The maximum absolute atomic E-state index is 14.2. The molecule has 0 unspecified atom stereocenters. The van der Waals surface area contributed by atoms with Gasteiger partial charge < -0.3 is 9.73 Å². The zero-order valence-electron chi connectivity index (χ0n) is 18.7. The van der Waals surface area contributed by atoms with Crippen LogP contribution in [0.1, 0.15) is 40.2 Å². The summed E-state index contributed by atoms with van der Waals surface area (Å²) in [6.45, 7) is 1.31. The van der Waals surface area contributed by atoms with E-state index in [1.165, 1.54) is 6.92 Å². The number of anilines is 1. The van der Waals surface area contributed by atoms with E-state index in [2.05, 4.69) is 5.32 Å². The van der Waals surface area contributed by atoms with Gasteiger partial charge in [-0.25, -0.2) is 17.2 Å². The molecule has 0 saturated heterocycles. The number of carbonyl (C=O) groups is 1. The highest BCUT2D eigenvalue weighted by Gasteiger charge is 2.37. The molecular weight excluding hydrogens is 540 g/mol. The molecule has 0 bridgehead atoms. The Morgan fingerprint density at radius 3 is 1.86 bits per heavy atom. The number of rotatable bonds is 6. The molecule has 3 aromatic rings. The predicted octanol–water partition coefficient (Wildman–Crippen LogP) is 6.12. The Hall–Kier alpha value is -3.62. The molecule has 200 valence electrons. The molecular formula is C22H16F8N2O4S. The summed E-state index contributed by atoms with van der Waals surface area (Å²) < 4.78 is 136. The molecule has 0 spiro atoms. The van der Waals surface area contributed by atoms with Crippen LogP contribution in [0.3, 0.4) is 0 Å². The van der Waals surface area contributed by atoms with Gasteiger partial charge in [0.1, 0.15) is 11.4 Å². The van der Waals surface area contributed by atoms with Crippen molar-refractivity contribution in [2.75, 3.05) is 11.0 Å². The Kier molecular flexibility index (Phi) is 7.32. The zero-order chi connectivity index (χ0) is 27.9. The lowest BCUT2D eigenvalue weighted by Gasteiger charge is -2.16. The van der Waals surface area contributed by atoms with Crippen molar-refractivity contribution in [3.8, 4) is 11.3 Å². The average molecular weight is 556 g/mol. The number of sulfonamides is 1. The summed E-state index contributed by atoms with van der Waals surface area (Å²) >= 11 is 0. The number of amides is 1. The molecule has 1 heterocycles. The number of hydrogen-bond donors (Lipinski definition) is 2. The minimum absolute atomic E-state index is 0.0588. The van der Waals surface area contributed by atoms with Crippen LogP contribution in [0.25, 0.3) is 11.3 Å². The van der Waals surface area contributed by atoms with Crippen LogP contribution in [0, 0.1) is 11.6 Å². The number of carbonyl (C=O) groups excluding carboxylic acids is 1. The molecule has 0 fully saturated rings. The van der Waals surface area contributed by atoms with E-state index in [9.17, 15) is 48.3 Å². The van der Waals surface area contributed by atoms with Crippen LogP contribution in [-0.2, 0) is 22.4 Å². The Labute approximate surface area is 204 Å². The molecule has 0 aliphatic carbocycles. The number of hydrogen-bond acceptors (Lipinski definition) is 4. The quantitative estimate of drug-likeness (QED) is 0.358. The van der Waals surface area contributed by atoms with Gasteiger partial charge in [-0.05, 0) is 55.0 Å². The van der Waals surface area contributed by atoms with E-state index >= 15 is 0 Å². The lowest BCUT2D eigenvalue weighted by atomic mass is 10.0. The lowest BCUT2D eigenvalue weighted by molar-refractivity contribution is -0.143. The maximum Gasteiger partial charge on any atom is 0.416 e. The van der Waals surface area contributed by atoms with Crippen molar-refractivity contribution in [2.24, 2.45) is 0 Å². The number of halogens is 8. The van der Waals surface area contributed by atoms with Gasteiger partial charge in [0.25, 0.3) is 5.91 Å². The van der Waals surface area contributed by atoms with Crippen molar-refractivity contribution < 1.29 is 52.8 Å². The predicted molar refractivity (Wildman–Crippen MR) is 115 cm³/mol. The summed E-state index contributed by atoms with van der Waals surface area (Å²) in [6, 6.07) is 3.21. The van der Waals surface area contributed by atoms with Crippen LogP contribution >= 0.6 is 0 Å². The molecule has 0 radical (unpaired) electrons. The van der Waals surface area contributed by atoms with Gasteiger partial charge in [0.15, 0.2) is 17.4 Å². The second kappa shape index (κ2) is 9.68. The molecule has 1 aromatic heterocycles. The molecule has 2 N–H and O–H groups in total. The fraction of sp³-hybridized carbons (Fsp3) is 0.227. The molecule has 3 rings (SSSR count). The second-order valence-corrected chi connectivity index (χ2v) is 9.64. The smallest absolute Gasteiger partial charge is 0.416 e. The van der Waals surface area contributed by atoms with Crippen molar-refractivity contribution in [1.29, 1.82) is 0 Å². The van der Waals surface area contributed by atoms with Crippen LogP contribution in [0.2, 0.25) is 0 Å². The third kappa shape index (κ3) is 6.78. The molecule has 15 heteroatoms. The Balaban J connectivity index is 1.86. The monoisotopic (exact) mass is 556 g/mol. The molecule has 0 saturated carbocycles. The molecule has 1 amide bonds. The van der Waals surface area contributed by atoms with Gasteiger partial charge in [0.05, 0.1) is 23.4 Å². The van der Waals surface area contributed by atoms with Crippen LogP contribution in [0.5, 0.6) is 0 Å². The minimum atomic E-state index is -5.09. The van der Waals surface area contributed by atoms with Crippen molar-refractivity contribution in [2.45, 2.75) is 25.3 Å². The number of furan rings is 1. The van der Waals surface area contributed by atoms with Crippen LogP contribution in [0.15, 0.2) is 46.9 Å². The molecule has 0 aliphatic rings. The third-order valence-electron chi connectivity index (χ3n) is 4.90. The van der Waals surface area contributed by atoms with Crippen LogP contribution in [-0.4, -0.2) is 20.6 Å². The van der Waals surface area contributed by atoms with E-state index in [1.807, 2.05) is 0 Å². The summed E-state index contributed by atoms with van der Waals surface area (Å²) in [6.07, 6.45) is -9.49. The van der Waals surface area contributed by atoms with Crippen LogP contribution in [0.4, 0.5) is 40.8 Å². The largest absolute Gasteiger partial charge is 0.451 e. The lowest BCUT2D eigenvalue weighted by Crippen LogP contribution is -2.26. The number of benzene rings is 2. The zero-order valence-corrected chi connectivity index (χ0v) is 19.5. The summed E-state index contributed by atoms with van der Waals surface area (Å²) in [4.78, 5) is 12.5. The van der Waals surface area contributed by atoms with Crippen molar-refractivity contribution in [3.63, 3.8) is 0 Å². The topological polar surface area (TPSA) is 88.4 Å². The van der Waals surface area contributed by atoms with Crippen molar-refractivity contribution >= 4 is 21.6 Å². The van der Waals surface area contributed by atoms with E-state index in [4.69, 9.17) is 4.42 Å². The van der Waals surface area contributed by atoms with E-state index in [-0.39, 0.29) is 11.6 Å². The first kappa shape index (κ1) is 28.0. The van der Waals surface area contributed by atoms with Gasteiger partial charge in [-0.3, -0.25) is 9.52 Å². The molecule has 37 heavy (non-hydrogen) atoms. The SMILES string of the molecule is C[C@@H](NC(=O)c1ccc(-c2cc(C(F)(F)F)cc(C(F)(F)F)c2)o1)c1cc(F)c(NS(C)(=O)=O)c(F)c1. The molecule has 0 aliphatic heterocycles. The maximum atomic E-state index is 14.2. The first-order valence-corrected chi connectivity index (χ1v) is 11.9. The van der Waals surface area contributed by atoms with Gasteiger partial charge >= 0.3 is 12.4 Å². The van der Waals surface area contributed by atoms with Gasteiger partial charge in [-0.1, -0.05) is 0 Å². The van der Waals surface area contributed by atoms with Gasteiger partial charge in [-0.2, -0.15) is 26.3 Å². The number of nitrogens with one attached hydrogen (secondary N) is 2. The molecule has 6 nitrogen and oxygen atoms in total. The normalized spacial score (nSPS) is 13.4. The second-order valence-electron chi connectivity index (χ2n) is 7.89. The fourth-order valence-corrected chi connectivity index (χ4v) is 3.75. The Morgan fingerprint density at radius 2 is 1.41 bits per heavy atom. The van der Waals surface area contributed by atoms with Crippen LogP contribution < -0.4 is 10.0 Å². The van der Waals surface area contributed by atoms with E-state index in [0.717, 1.165) is 24.3 Å². The first-order valence-electron chi connectivity index (χ1n) is 10.0. The number of alkyl halides is 6. The third-order valence-corrected chi connectivity index (χ3v) is 5.48. The van der Waals surface area contributed by atoms with Gasteiger partial charge in [-0.15, -0.1) is 0 Å². The Bertz CT molecular complexity index is 1390. The molecule has 1 atom stereocenters. The highest BCUT2D eigenvalue weighted by Crippen LogP contribution is 2.39. The highest BCUT2D eigenvalue weighted by molar-refractivity contribution is 7.92. The summed E-state index contributed by atoms with van der Waals surface area (Å²) in [5.41, 5.74) is -4.80. The van der Waals surface area contributed by atoms with E-state index in [1.54, 1.807) is 4.72 Å². The molecule has 2 aromatic carbocycles. The first-order chi connectivity index (χ1) is 16.8. The van der Waals surface area contributed by atoms with Gasteiger partial charge in [0.2, 0.25) is 10.0 Å². The summed E-state index contributed by atoms with van der Waals surface area (Å²) in [5, 5.41) is 2.31. The van der Waals surface area contributed by atoms with Crippen molar-refractivity contribution in [3.05, 3.63) is 76.5 Å². The standard InChI is InChI=1S/C22H16F8N2O4S/c1-10(11-7-15(23)19(16(24)8-11)32-37(2,34)35)31-20(33)18-4-3-17(36-18)12-5-13(21(25,26)27)9-14(6-12)22(28,29)30/h3-10,32H,1-2H3,(H,31,33)/t10-/m1/s1. The summed E-state index contributed by atoms with van der Waals surface area (Å²) in [7, 11) is -3.99. The summed E-state index contributed by atoms with van der Waals surface area (Å²) in [5.74, 6) is -4.52. The fourth-order valence-electron chi connectivity index (χ4n) is 3.19. The van der Waals surface area contributed by atoms with Gasteiger partial charge in [0, 0.05) is 5.56 Å². The van der Waals surface area contributed by atoms with Crippen molar-refractivity contribution in [1.82, 2.24) is 5.32 Å². The minimum Gasteiger partial charge on any atom is -0.451 e. The highest BCUT2D eigenvalue weighted by atomic mass is 32.2.